The Morgan fingerprint density at radius 3 is 1.61 bits per heavy atom. The SMILES string of the molecule is CC(C)(C)c1ccc(-c2nnc(-c3ccccc3)c(-c3ccccc3)n2)cc1. The van der Waals surface area contributed by atoms with E-state index in [4.69, 9.17) is 4.98 Å². The first-order valence-electron chi connectivity index (χ1n) is 9.49. The van der Waals surface area contributed by atoms with E-state index in [0.717, 1.165) is 28.1 Å². The Labute approximate surface area is 166 Å². The molecule has 0 aliphatic rings. The lowest BCUT2D eigenvalue weighted by Gasteiger charge is -2.19. The highest BCUT2D eigenvalue weighted by Gasteiger charge is 2.16. The summed E-state index contributed by atoms with van der Waals surface area (Å²) in [7, 11) is 0. The second-order valence-electron chi connectivity index (χ2n) is 7.89. The van der Waals surface area contributed by atoms with Gasteiger partial charge < -0.3 is 0 Å². The van der Waals surface area contributed by atoms with E-state index in [2.05, 4.69) is 67.4 Å². The second kappa shape index (κ2) is 7.35. The van der Waals surface area contributed by atoms with Crippen molar-refractivity contribution in [2.24, 2.45) is 0 Å². The highest BCUT2D eigenvalue weighted by atomic mass is 15.2. The Hall–Kier alpha value is -3.33. The molecule has 28 heavy (non-hydrogen) atoms. The molecule has 3 nitrogen and oxygen atoms in total. The van der Waals surface area contributed by atoms with E-state index in [1.54, 1.807) is 0 Å². The molecule has 4 aromatic rings. The maximum Gasteiger partial charge on any atom is 0.182 e. The fourth-order valence-corrected chi connectivity index (χ4v) is 3.16. The molecule has 138 valence electrons. The van der Waals surface area contributed by atoms with Crippen LogP contribution < -0.4 is 0 Å². The molecule has 4 rings (SSSR count). The summed E-state index contributed by atoms with van der Waals surface area (Å²) in [6, 6.07) is 28.7. The van der Waals surface area contributed by atoms with Gasteiger partial charge in [-0.2, -0.15) is 0 Å². The van der Waals surface area contributed by atoms with Crippen LogP contribution in [0.3, 0.4) is 0 Å². The summed E-state index contributed by atoms with van der Waals surface area (Å²) in [5, 5.41) is 9.00. The van der Waals surface area contributed by atoms with Gasteiger partial charge in [-0.3, -0.25) is 0 Å². The van der Waals surface area contributed by atoms with E-state index >= 15 is 0 Å². The fraction of sp³-hybridized carbons (Fsp3) is 0.160. The Balaban J connectivity index is 1.83. The van der Waals surface area contributed by atoms with Crippen LogP contribution >= 0.6 is 0 Å². The Morgan fingerprint density at radius 1 is 0.536 bits per heavy atom. The van der Waals surface area contributed by atoms with Crippen LogP contribution in [0.1, 0.15) is 26.3 Å². The summed E-state index contributed by atoms with van der Waals surface area (Å²) >= 11 is 0. The first kappa shape index (κ1) is 18.1. The monoisotopic (exact) mass is 365 g/mol. The van der Waals surface area contributed by atoms with E-state index in [1.807, 2.05) is 48.5 Å². The highest BCUT2D eigenvalue weighted by molar-refractivity contribution is 5.78. The Kier molecular flexibility index (Phi) is 4.74. The third-order valence-corrected chi connectivity index (χ3v) is 4.79. The first-order chi connectivity index (χ1) is 13.5. The van der Waals surface area contributed by atoms with Crippen LogP contribution in [0.2, 0.25) is 0 Å². The van der Waals surface area contributed by atoms with Gasteiger partial charge in [-0.25, -0.2) is 4.98 Å². The van der Waals surface area contributed by atoms with Crippen molar-refractivity contribution in [1.29, 1.82) is 0 Å². The van der Waals surface area contributed by atoms with Gasteiger partial charge in [0.25, 0.3) is 0 Å². The van der Waals surface area contributed by atoms with Gasteiger partial charge in [0.2, 0.25) is 0 Å². The third-order valence-electron chi connectivity index (χ3n) is 4.79. The van der Waals surface area contributed by atoms with Gasteiger partial charge >= 0.3 is 0 Å². The average Bonchev–Trinajstić information content (AvgIpc) is 2.74. The van der Waals surface area contributed by atoms with Gasteiger partial charge in [0.15, 0.2) is 5.82 Å². The molecule has 0 unspecified atom stereocenters. The Bertz CT molecular complexity index is 1060. The summed E-state index contributed by atoms with van der Waals surface area (Å²) in [6.45, 7) is 6.63. The van der Waals surface area contributed by atoms with Gasteiger partial charge in [0, 0.05) is 16.7 Å². The largest absolute Gasteiger partial charge is 0.224 e. The van der Waals surface area contributed by atoms with Crippen molar-refractivity contribution < 1.29 is 0 Å². The van der Waals surface area contributed by atoms with E-state index in [0.29, 0.717) is 5.82 Å². The zero-order valence-corrected chi connectivity index (χ0v) is 16.4. The van der Waals surface area contributed by atoms with Crippen LogP contribution in [-0.4, -0.2) is 15.2 Å². The van der Waals surface area contributed by atoms with Crippen LogP contribution in [0.25, 0.3) is 33.9 Å². The smallest absolute Gasteiger partial charge is 0.182 e. The lowest BCUT2D eigenvalue weighted by Crippen LogP contribution is -2.10. The minimum Gasteiger partial charge on any atom is -0.224 e. The van der Waals surface area contributed by atoms with Gasteiger partial charge in [0.1, 0.15) is 11.4 Å². The minimum absolute atomic E-state index is 0.115. The number of aromatic nitrogens is 3. The van der Waals surface area contributed by atoms with E-state index < -0.39 is 0 Å². The van der Waals surface area contributed by atoms with E-state index in [-0.39, 0.29) is 5.41 Å². The number of benzene rings is 3. The molecule has 1 aromatic heterocycles. The van der Waals surface area contributed by atoms with Gasteiger partial charge in [-0.05, 0) is 11.0 Å². The molecule has 1 heterocycles. The second-order valence-corrected chi connectivity index (χ2v) is 7.89. The summed E-state index contributed by atoms with van der Waals surface area (Å²) < 4.78 is 0. The molecule has 0 N–H and O–H groups in total. The number of nitrogens with zero attached hydrogens (tertiary/aromatic N) is 3. The molecule has 0 saturated heterocycles. The average molecular weight is 365 g/mol. The standard InChI is InChI=1S/C25H23N3/c1-25(2,3)21-16-14-20(15-17-21)24-26-22(18-10-6-4-7-11-18)23(27-28-24)19-12-8-5-9-13-19/h4-17H,1-3H3. The molecule has 0 aliphatic carbocycles. The van der Waals surface area contributed by atoms with Crippen LogP contribution in [0.4, 0.5) is 0 Å². The van der Waals surface area contributed by atoms with Crippen molar-refractivity contribution in [3.05, 3.63) is 90.5 Å². The molecule has 0 bridgehead atoms. The third kappa shape index (κ3) is 3.70. The zero-order valence-electron chi connectivity index (χ0n) is 16.4. The van der Waals surface area contributed by atoms with Gasteiger partial charge in [0.05, 0.1) is 0 Å². The molecule has 3 aromatic carbocycles. The molecule has 0 fully saturated rings. The molecule has 0 saturated carbocycles. The summed E-state index contributed by atoms with van der Waals surface area (Å²) in [6.07, 6.45) is 0. The molecule has 0 spiro atoms. The maximum absolute atomic E-state index is 4.91. The topological polar surface area (TPSA) is 38.7 Å². The lowest BCUT2D eigenvalue weighted by molar-refractivity contribution is 0.590. The van der Waals surface area contributed by atoms with Crippen LogP contribution in [0.5, 0.6) is 0 Å². The van der Waals surface area contributed by atoms with Crippen molar-refractivity contribution in [1.82, 2.24) is 15.2 Å². The molecule has 0 aliphatic heterocycles. The minimum atomic E-state index is 0.115. The van der Waals surface area contributed by atoms with Crippen molar-refractivity contribution >= 4 is 0 Å². The molecule has 3 heteroatoms. The number of rotatable bonds is 3. The zero-order chi connectivity index (χ0) is 19.6. The first-order valence-corrected chi connectivity index (χ1v) is 9.49. The van der Waals surface area contributed by atoms with Crippen molar-refractivity contribution in [2.75, 3.05) is 0 Å². The molecule has 0 radical (unpaired) electrons. The number of hydrogen-bond acceptors (Lipinski definition) is 3. The lowest BCUT2D eigenvalue weighted by atomic mass is 9.87. The molecule has 0 atom stereocenters. The van der Waals surface area contributed by atoms with Crippen molar-refractivity contribution in [3.8, 4) is 33.9 Å². The van der Waals surface area contributed by atoms with Crippen LogP contribution in [0.15, 0.2) is 84.9 Å². The molecule has 0 amide bonds. The van der Waals surface area contributed by atoms with Gasteiger partial charge in [-0.1, -0.05) is 106 Å². The Morgan fingerprint density at radius 2 is 1.07 bits per heavy atom. The highest BCUT2D eigenvalue weighted by Crippen LogP contribution is 2.30. The van der Waals surface area contributed by atoms with Gasteiger partial charge in [-0.15, -0.1) is 10.2 Å². The van der Waals surface area contributed by atoms with E-state index in [1.165, 1.54) is 5.56 Å². The summed E-state index contributed by atoms with van der Waals surface area (Å²) in [5.74, 6) is 0.638. The maximum atomic E-state index is 4.91. The van der Waals surface area contributed by atoms with E-state index in [9.17, 15) is 0 Å². The van der Waals surface area contributed by atoms with Crippen LogP contribution in [-0.2, 0) is 5.41 Å². The summed E-state index contributed by atoms with van der Waals surface area (Å²) in [4.78, 5) is 4.91. The fourth-order valence-electron chi connectivity index (χ4n) is 3.16. The molecular formula is C25H23N3. The summed E-state index contributed by atoms with van der Waals surface area (Å²) in [5.41, 5.74) is 6.05. The molecular weight excluding hydrogens is 342 g/mol. The number of hydrogen-bond donors (Lipinski definition) is 0. The quantitative estimate of drug-likeness (QED) is 0.436. The normalized spacial score (nSPS) is 11.4. The van der Waals surface area contributed by atoms with Crippen molar-refractivity contribution in [2.45, 2.75) is 26.2 Å². The van der Waals surface area contributed by atoms with Crippen LogP contribution in [0, 0.1) is 0 Å². The predicted octanol–water partition coefficient (Wildman–Crippen LogP) is 6.17. The van der Waals surface area contributed by atoms with Crippen molar-refractivity contribution in [3.63, 3.8) is 0 Å². The predicted molar refractivity (Wildman–Crippen MR) is 115 cm³/mol.